The molecular weight excluding hydrogens is 398 g/mol. The molecule has 1 unspecified atom stereocenters. The largest absolute Gasteiger partial charge is 0.391 e. The molecule has 4 saturated carbocycles. The highest BCUT2D eigenvalue weighted by molar-refractivity contribution is 5.21. The smallest absolute Gasteiger partial charge is 0.102 e. The van der Waals surface area contributed by atoms with Gasteiger partial charge in [0.2, 0.25) is 0 Å². The van der Waals surface area contributed by atoms with Gasteiger partial charge in [-0.3, -0.25) is 4.68 Å². The van der Waals surface area contributed by atoms with E-state index in [4.69, 9.17) is 5.26 Å². The van der Waals surface area contributed by atoms with Crippen LogP contribution in [-0.2, 0) is 6.54 Å². The molecule has 0 aliphatic heterocycles. The van der Waals surface area contributed by atoms with Crippen LogP contribution in [0.5, 0.6) is 0 Å². The number of aliphatic hydroxyl groups excluding tert-OH is 1. The van der Waals surface area contributed by atoms with Gasteiger partial charge in [0.25, 0.3) is 0 Å². The van der Waals surface area contributed by atoms with Gasteiger partial charge >= 0.3 is 0 Å². The third kappa shape index (κ3) is 3.72. The fourth-order valence-corrected chi connectivity index (χ4v) is 9.13. The minimum atomic E-state index is -0.441. The van der Waals surface area contributed by atoms with Crippen molar-refractivity contribution in [3.05, 3.63) is 18.0 Å². The highest BCUT2D eigenvalue weighted by atomic mass is 16.3. The van der Waals surface area contributed by atoms with Gasteiger partial charge in [0.05, 0.1) is 30.0 Å². The molecule has 0 radical (unpaired) electrons. The fraction of sp³-hybridized carbons (Fsp3) is 0.852. The first-order valence-electron chi connectivity index (χ1n) is 13.0. The number of nitriles is 1. The van der Waals surface area contributed by atoms with Crippen LogP contribution in [0.25, 0.3) is 0 Å². The lowest BCUT2D eigenvalue weighted by Gasteiger charge is -2.57. The number of aromatic nitrogens is 2. The quantitative estimate of drug-likeness (QED) is 0.708. The molecule has 5 heteroatoms. The zero-order chi connectivity index (χ0) is 22.7. The normalized spacial score (nSPS) is 45.2. The number of hydrogen-bond donors (Lipinski definition) is 2. The molecule has 5 rings (SSSR count). The van der Waals surface area contributed by atoms with E-state index in [-0.39, 0.29) is 5.92 Å². The van der Waals surface area contributed by atoms with E-state index in [0.717, 1.165) is 42.4 Å². The molecule has 0 amide bonds. The molecule has 32 heavy (non-hydrogen) atoms. The van der Waals surface area contributed by atoms with E-state index in [1.54, 1.807) is 17.1 Å². The average Bonchev–Trinajstić information content (AvgIpc) is 3.35. The van der Waals surface area contributed by atoms with Gasteiger partial charge in [-0.1, -0.05) is 13.8 Å². The summed E-state index contributed by atoms with van der Waals surface area (Å²) in [6.07, 6.45) is 13.9. The predicted molar refractivity (Wildman–Crippen MR) is 123 cm³/mol. The van der Waals surface area contributed by atoms with E-state index < -0.39 is 11.7 Å². The Hall–Kier alpha value is -1.38. The van der Waals surface area contributed by atoms with Gasteiger partial charge in [0, 0.05) is 6.20 Å². The molecule has 2 N–H and O–H groups in total. The summed E-state index contributed by atoms with van der Waals surface area (Å²) in [6.45, 7) is 7.29. The Bertz CT molecular complexity index is 872. The second-order valence-electron chi connectivity index (χ2n) is 12.4. The maximum absolute atomic E-state index is 11.1. The zero-order valence-corrected chi connectivity index (χ0v) is 20.1. The Balaban J connectivity index is 1.28. The number of nitrogens with zero attached hydrogens (tertiary/aromatic N) is 3. The second-order valence-corrected chi connectivity index (χ2v) is 12.4. The van der Waals surface area contributed by atoms with Crippen LogP contribution < -0.4 is 0 Å². The topological polar surface area (TPSA) is 82.1 Å². The highest BCUT2D eigenvalue weighted by Crippen LogP contribution is 2.65. The van der Waals surface area contributed by atoms with Crippen molar-refractivity contribution < 1.29 is 10.2 Å². The van der Waals surface area contributed by atoms with Crippen LogP contribution in [0.4, 0.5) is 0 Å². The summed E-state index contributed by atoms with van der Waals surface area (Å²) < 4.78 is 1.73. The number of aliphatic hydroxyl groups is 2. The molecule has 0 saturated heterocycles. The van der Waals surface area contributed by atoms with Gasteiger partial charge in [-0.05, 0) is 112 Å². The molecule has 10 atom stereocenters. The lowest BCUT2D eigenvalue weighted by atomic mass is 9.48. The van der Waals surface area contributed by atoms with Crippen LogP contribution in [0.1, 0.15) is 84.1 Å². The minimum Gasteiger partial charge on any atom is -0.391 e. The summed E-state index contributed by atoms with van der Waals surface area (Å²) in [5, 5.41) is 35.0. The van der Waals surface area contributed by atoms with E-state index in [2.05, 4.69) is 25.0 Å². The maximum Gasteiger partial charge on any atom is 0.102 e. The van der Waals surface area contributed by atoms with Crippen molar-refractivity contribution in [1.82, 2.24) is 9.78 Å². The molecule has 4 fully saturated rings. The van der Waals surface area contributed by atoms with Gasteiger partial charge in [0.15, 0.2) is 0 Å². The highest BCUT2D eigenvalue weighted by Gasteiger charge is 2.58. The predicted octanol–water partition coefficient (Wildman–Crippen LogP) is 4.77. The summed E-state index contributed by atoms with van der Waals surface area (Å²) in [5.41, 5.74) is 0.441. The number of fused-ring (bicyclic) bond motifs is 5. The van der Waals surface area contributed by atoms with Gasteiger partial charge in [-0.2, -0.15) is 10.4 Å². The van der Waals surface area contributed by atoms with Crippen LogP contribution in [0, 0.1) is 58.2 Å². The monoisotopic (exact) mass is 439 g/mol. The van der Waals surface area contributed by atoms with E-state index in [0.29, 0.717) is 23.4 Å². The van der Waals surface area contributed by atoms with Crippen LogP contribution in [0.15, 0.2) is 12.4 Å². The fourth-order valence-electron chi connectivity index (χ4n) is 9.13. The maximum atomic E-state index is 11.1. The zero-order valence-electron chi connectivity index (χ0n) is 20.1. The summed E-state index contributed by atoms with van der Waals surface area (Å²) in [7, 11) is 0. The van der Waals surface area contributed by atoms with Crippen molar-refractivity contribution in [2.45, 2.75) is 96.8 Å². The molecule has 5 nitrogen and oxygen atoms in total. The van der Waals surface area contributed by atoms with Crippen molar-refractivity contribution in [3.8, 4) is 6.07 Å². The van der Waals surface area contributed by atoms with Crippen molar-refractivity contribution in [2.75, 3.05) is 0 Å². The first-order valence-corrected chi connectivity index (χ1v) is 13.0. The number of rotatable bonds is 4. The van der Waals surface area contributed by atoms with E-state index in [9.17, 15) is 10.2 Å². The molecule has 1 heterocycles. The van der Waals surface area contributed by atoms with Crippen molar-refractivity contribution in [1.29, 1.82) is 5.26 Å². The van der Waals surface area contributed by atoms with E-state index in [1.807, 2.05) is 6.92 Å². The molecule has 4 aliphatic carbocycles. The third-order valence-electron chi connectivity index (χ3n) is 10.7. The molecule has 0 aromatic carbocycles. The van der Waals surface area contributed by atoms with Gasteiger partial charge in [0.1, 0.15) is 6.07 Å². The molecular formula is C27H41N3O2. The van der Waals surface area contributed by atoms with Crippen LogP contribution >= 0.6 is 0 Å². The van der Waals surface area contributed by atoms with Crippen molar-refractivity contribution in [3.63, 3.8) is 0 Å². The Morgan fingerprint density at radius 3 is 2.66 bits per heavy atom. The molecule has 1 aromatic rings. The Labute approximate surface area is 193 Å². The molecule has 0 spiro atoms. The van der Waals surface area contributed by atoms with Crippen molar-refractivity contribution in [2.24, 2.45) is 46.8 Å². The molecule has 1 aromatic heterocycles. The first-order chi connectivity index (χ1) is 15.2. The first kappa shape index (κ1) is 22.4. The molecule has 4 aliphatic rings. The summed E-state index contributed by atoms with van der Waals surface area (Å²) in [5.74, 6) is 4.84. The second kappa shape index (κ2) is 8.13. The minimum absolute atomic E-state index is 0.234. The lowest BCUT2D eigenvalue weighted by Crippen LogP contribution is -2.51. The third-order valence-corrected chi connectivity index (χ3v) is 10.7. The van der Waals surface area contributed by atoms with Gasteiger partial charge in [-0.15, -0.1) is 0 Å². The van der Waals surface area contributed by atoms with Crippen LogP contribution in [0.3, 0.4) is 0 Å². The SMILES string of the molecule is C[C@@H](C(O)Cn1cc(C#N)cn1)[C@H]1CC[C@H]2[C@@H]3CC[C@@H]4C[C@](C)(O)CC[C@@H]4[C@H]3CC[C@]12C. The average molecular weight is 440 g/mol. The Kier molecular flexibility index (Phi) is 5.70. The van der Waals surface area contributed by atoms with Crippen LogP contribution in [0.2, 0.25) is 0 Å². The standard InChI is InChI=1S/C27H41N3O2/c1-17(25(31)16-30-15-18(13-28)14-29-30)23-6-7-24-22-5-4-19-12-26(2,32)10-8-20(19)21(22)9-11-27(23,24)3/h14-15,17,19-25,31-32H,4-12,16H2,1-3H3/t17-,19-,20+,21-,22-,23-,24+,25?,26-,27-/m1/s1. The van der Waals surface area contributed by atoms with E-state index >= 15 is 0 Å². The summed E-state index contributed by atoms with van der Waals surface area (Å²) >= 11 is 0. The molecule has 0 bridgehead atoms. The summed E-state index contributed by atoms with van der Waals surface area (Å²) in [4.78, 5) is 0. The van der Waals surface area contributed by atoms with Crippen LogP contribution in [-0.4, -0.2) is 31.7 Å². The van der Waals surface area contributed by atoms with Gasteiger partial charge in [-0.25, -0.2) is 0 Å². The summed E-state index contributed by atoms with van der Waals surface area (Å²) in [6, 6.07) is 2.12. The lowest BCUT2D eigenvalue weighted by molar-refractivity contribution is -0.106. The Morgan fingerprint density at radius 1 is 1.12 bits per heavy atom. The van der Waals surface area contributed by atoms with E-state index in [1.165, 1.54) is 44.9 Å². The van der Waals surface area contributed by atoms with Gasteiger partial charge < -0.3 is 10.2 Å². The molecule has 176 valence electrons. The Morgan fingerprint density at radius 2 is 1.91 bits per heavy atom. The number of hydrogen-bond acceptors (Lipinski definition) is 4. The van der Waals surface area contributed by atoms with Crippen molar-refractivity contribution >= 4 is 0 Å².